The monoisotopic (exact) mass is 975 g/mol. The van der Waals surface area contributed by atoms with Crippen LogP contribution in [0.15, 0.2) is 0 Å². The molecule has 6 nitrogen and oxygen atoms in total. The van der Waals surface area contributed by atoms with Gasteiger partial charge in [0.05, 0.1) is 0 Å². The third-order valence-corrected chi connectivity index (χ3v) is 15.1. The quantitative estimate of drug-likeness (QED) is 0.0343. The first kappa shape index (κ1) is 67.4. The molecule has 0 fully saturated rings. The first-order valence-corrected chi connectivity index (χ1v) is 31.2. The van der Waals surface area contributed by atoms with Crippen molar-refractivity contribution in [2.75, 3.05) is 13.2 Å². The van der Waals surface area contributed by atoms with E-state index in [1.807, 2.05) is 0 Å². The Kier molecular flexibility index (Phi) is 52.9. The van der Waals surface area contributed by atoms with Gasteiger partial charge in [0.1, 0.15) is 13.2 Å². The molecule has 0 amide bonds. The highest BCUT2D eigenvalue weighted by atomic mass is 16.6. The van der Waals surface area contributed by atoms with Crippen molar-refractivity contribution in [3.05, 3.63) is 0 Å². The van der Waals surface area contributed by atoms with Gasteiger partial charge in [-0.05, 0) is 37.0 Å². The molecule has 0 bridgehead atoms. The van der Waals surface area contributed by atoms with E-state index in [4.69, 9.17) is 14.2 Å². The second kappa shape index (κ2) is 54.2. The first-order valence-electron chi connectivity index (χ1n) is 31.2. The zero-order valence-corrected chi connectivity index (χ0v) is 47.6. The van der Waals surface area contributed by atoms with Crippen LogP contribution in [0.3, 0.4) is 0 Å². The molecular formula is C63H122O6. The maximum absolute atomic E-state index is 12.9. The van der Waals surface area contributed by atoms with Gasteiger partial charge in [-0.25, -0.2) is 0 Å². The van der Waals surface area contributed by atoms with Crippen molar-refractivity contribution in [2.45, 2.75) is 356 Å². The fourth-order valence-electron chi connectivity index (χ4n) is 9.64. The van der Waals surface area contributed by atoms with E-state index in [2.05, 4.69) is 41.5 Å². The van der Waals surface area contributed by atoms with Crippen LogP contribution in [0, 0.1) is 17.8 Å². The summed E-state index contributed by atoms with van der Waals surface area (Å²) < 4.78 is 16.9. The molecule has 0 aromatic rings. The largest absolute Gasteiger partial charge is 0.462 e. The van der Waals surface area contributed by atoms with Crippen molar-refractivity contribution in [1.82, 2.24) is 0 Å². The summed E-state index contributed by atoms with van der Waals surface area (Å²) in [6, 6.07) is 0. The van der Waals surface area contributed by atoms with E-state index in [9.17, 15) is 14.4 Å². The lowest BCUT2D eigenvalue weighted by Crippen LogP contribution is -2.30. The lowest BCUT2D eigenvalue weighted by Gasteiger charge is -2.18. The predicted octanol–water partition coefficient (Wildman–Crippen LogP) is 20.7. The zero-order valence-electron chi connectivity index (χ0n) is 47.6. The molecule has 0 aliphatic heterocycles. The highest BCUT2D eigenvalue weighted by Crippen LogP contribution is 2.20. The molecule has 69 heavy (non-hydrogen) atoms. The van der Waals surface area contributed by atoms with Crippen LogP contribution in [-0.4, -0.2) is 37.2 Å². The van der Waals surface area contributed by atoms with Crippen molar-refractivity contribution in [1.29, 1.82) is 0 Å². The van der Waals surface area contributed by atoms with Crippen LogP contribution in [0.1, 0.15) is 350 Å². The van der Waals surface area contributed by atoms with Gasteiger partial charge >= 0.3 is 17.9 Å². The third kappa shape index (κ3) is 54.0. The second-order valence-electron chi connectivity index (χ2n) is 22.7. The van der Waals surface area contributed by atoms with Crippen LogP contribution >= 0.6 is 0 Å². The highest BCUT2D eigenvalue weighted by Gasteiger charge is 2.19. The molecular weight excluding hydrogens is 853 g/mol. The number of carbonyl (C=O) groups excluding carboxylic acids is 3. The summed E-state index contributed by atoms with van der Waals surface area (Å²) in [7, 11) is 0. The molecule has 2 unspecified atom stereocenters. The Labute approximate surface area is 431 Å². The summed E-state index contributed by atoms with van der Waals surface area (Å²) in [6.45, 7) is 13.9. The minimum absolute atomic E-state index is 0.0630. The van der Waals surface area contributed by atoms with Gasteiger partial charge in [0, 0.05) is 19.3 Å². The Morgan fingerprint density at radius 1 is 0.290 bits per heavy atom. The minimum Gasteiger partial charge on any atom is -0.462 e. The molecule has 6 heteroatoms. The SMILES string of the molecule is CCC(C)CCCCCCCCCCCCCCCCC(=O)OC[C@H](COC(=O)CCCCCCCCCCCCC(C)CC)OC(=O)CCCCCCCCCCCCCCCCCCC(C)C. The zero-order chi connectivity index (χ0) is 50.5. The standard InChI is InChI=1S/C63H122O6/c1-7-58(5)50-44-38-32-26-20-16-13-14-17-21-28-34-40-46-52-61(64)67-55-60(56-68-62(65)53-47-41-35-29-24-23-27-33-39-45-51-59(6)8-2)69-63(66)54-48-42-36-30-22-18-12-10-9-11-15-19-25-31-37-43-49-57(3)4/h57-60H,7-56H2,1-6H3/t58?,59?,60-/m1/s1. The fraction of sp³-hybridized carbons (Fsp3) is 0.952. The van der Waals surface area contributed by atoms with Crippen molar-refractivity contribution < 1.29 is 28.6 Å². The van der Waals surface area contributed by atoms with Gasteiger partial charge in [-0.2, -0.15) is 0 Å². The Balaban J connectivity index is 4.30. The van der Waals surface area contributed by atoms with E-state index >= 15 is 0 Å². The Morgan fingerprint density at radius 3 is 0.754 bits per heavy atom. The molecule has 0 spiro atoms. The molecule has 0 aliphatic carbocycles. The summed E-state index contributed by atoms with van der Waals surface area (Å²) >= 11 is 0. The smallest absolute Gasteiger partial charge is 0.306 e. The Hall–Kier alpha value is -1.59. The fourth-order valence-corrected chi connectivity index (χ4v) is 9.64. The van der Waals surface area contributed by atoms with E-state index in [0.717, 1.165) is 75.5 Å². The van der Waals surface area contributed by atoms with Crippen molar-refractivity contribution in [3.63, 3.8) is 0 Å². The molecule has 0 saturated carbocycles. The van der Waals surface area contributed by atoms with Gasteiger partial charge in [0.25, 0.3) is 0 Å². The van der Waals surface area contributed by atoms with E-state index in [1.165, 1.54) is 231 Å². The van der Waals surface area contributed by atoms with E-state index in [1.54, 1.807) is 0 Å². The molecule has 0 radical (unpaired) electrons. The number of esters is 3. The lowest BCUT2D eigenvalue weighted by molar-refractivity contribution is -0.167. The number of rotatable bonds is 56. The highest BCUT2D eigenvalue weighted by molar-refractivity contribution is 5.71. The molecule has 0 aliphatic rings. The topological polar surface area (TPSA) is 78.9 Å². The van der Waals surface area contributed by atoms with Gasteiger partial charge in [-0.3, -0.25) is 14.4 Å². The summed E-state index contributed by atoms with van der Waals surface area (Å²) in [6.07, 6.45) is 58.0. The molecule has 3 atom stereocenters. The number of ether oxygens (including phenoxy) is 3. The van der Waals surface area contributed by atoms with E-state index in [-0.39, 0.29) is 31.1 Å². The Morgan fingerprint density at radius 2 is 0.507 bits per heavy atom. The summed E-state index contributed by atoms with van der Waals surface area (Å²) in [4.78, 5) is 38.3. The number of unbranched alkanes of at least 4 members (excludes halogenated alkanes) is 37. The van der Waals surface area contributed by atoms with Crippen LogP contribution in [0.4, 0.5) is 0 Å². The third-order valence-electron chi connectivity index (χ3n) is 15.1. The molecule has 0 heterocycles. The van der Waals surface area contributed by atoms with Crippen LogP contribution < -0.4 is 0 Å². The van der Waals surface area contributed by atoms with Crippen molar-refractivity contribution >= 4 is 17.9 Å². The van der Waals surface area contributed by atoms with Crippen LogP contribution in [-0.2, 0) is 28.6 Å². The lowest BCUT2D eigenvalue weighted by atomic mass is 9.99. The molecule has 0 saturated heterocycles. The second-order valence-corrected chi connectivity index (χ2v) is 22.7. The van der Waals surface area contributed by atoms with Gasteiger partial charge in [-0.15, -0.1) is 0 Å². The van der Waals surface area contributed by atoms with Crippen LogP contribution in [0.25, 0.3) is 0 Å². The Bertz CT molecular complexity index is 1070. The molecule has 0 N–H and O–H groups in total. The van der Waals surface area contributed by atoms with Gasteiger partial charge in [0.15, 0.2) is 6.10 Å². The predicted molar refractivity (Wildman–Crippen MR) is 298 cm³/mol. The van der Waals surface area contributed by atoms with Crippen molar-refractivity contribution in [2.24, 2.45) is 17.8 Å². The van der Waals surface area contributed by atoms with E-state index in [0.29, 0.717) is 19.3 Å². The molecule has 0 aromatic carbocycles. The average Bonchev–Trinajstić information content (AvgIpc) is 3.34. The number of hydrogen-bond donors (Lipinski definition) is 0. The van der Waals surface area contributed by atoms with Gasteiger partial charge in [0.2, 0.25) is 0 Å². The molecule has 0 rings (SSSR count). The maximum atomic E-state index is 12.9. The first-order chi connectivity index (χ1) is 33.7. The number of carbonyl (C=O) groups is 3. The summed E-state index contributed by atoms with van der Waals surface area (Å²) in [5, 5.41) is 0. The summed E-state index contributed by atoms with van der Waals surface area (Å²) in [5.74, 6) is 1.78. The normalized spacial score (nSPS) is 12.9. The summed E-state index contributed by atoms with van der Waals surface area (Å²) in [5.41, 5.74) is 0. The van der Waals surface area contributed by atoms with Gasteiger partial charge < -0.3 is 14.2 Å². The molecule has 0 aromatic heterocycles. The van der Waals surface area contributed by atoms with E-state index < -0.39 is 6.10 Å². The minimum atomic E-state index is -0.764. The number of hydrogen-bond acceptors (Lipinski definition) is 6. The average molecular weight is 976 g/mol. The van der Waals surface area contributed by atoms with Gasteiger partial charge in [-0.1, -0.05) is 311 Å². The van der Waals surface area contributed by atoms with Crippen LogP contribution in [0.2, 0.25) is 0 Å². The van der Waals surface area contributed by atoms with Crippen molar-refractivity contribution in [3.8, 4) is 0 Å². The van der Waals surface area contributed by atoms with Crippen LogP contribution in [0.5, 0.6) is 0 Å². The maximum Gasteiger partial charge on any atom is 0.306 e. The molecule has 410 valence electrons.